The van der Waals surface area contributed by atoms with Gasteiger partial charge < -0.3 is 5.32 Å². The number of anilines is 2. The van der Waals surface area contributed by atoms with Gasteiger partial charge in [-0.1, -0.05) is 41.4 Å². The minimum atomic E-state index is -4.52. The summed E-state index contributed by atoms with van der Waals surface area (Å²) >= 11 is 12.1. The normalized spacial score (nSPS) is 11.8. The number of nitrogens with one attached hydrogen (secondary N) is 1. The van der Waals surface area contributed by atoms with Crippen molar-refractivity contribution in [1.29, 1.82) is 0 Å². The molecule has 0 radical (unpaired) electrons. The second-order valence-corrected chi connectivity index (χ2v) is 9.25. The van der Waals surface area contributed by atoms with Gasteiger partial charge in [-0.25, -0.2) is 8.42 Å². The molecular weight excluding hydrogens is 488 g/mol. The molecule has 11 heteroatoms. The minimum absolute atomic E-state index is 0.000615. The van der Waals surface area contributed by atoms with Gasteiger partial charge in [-0.15, -0.1) is 0 Å². The molecule has 0 fully saturated rings. The zero-order chi connectivity index (χ0) is 23.5. The molecule has 3 aromatic carbocycles. The van der Waals surface area contributed by atoms with E-state index in [-0.39, 0.29) is 26.3 Å². The van der Waals surface area contributed by atoms with Gasteiger partial charge in [0.2, 0.25) is 5.91 Å². The van der Waals surface area contributed by atoms with Crippen molar-refractivity contribution in [2.45, 2.75) is 11.1 Å². The number of hydrogen-bond acceptors (Lipinski definition) is 3. The third kappa shape index (κ3) is 5.53. The number of sulfonamides is 1. The number of halogens is 5. The first kappa shape index (κ1) is 23.9. The molecule has 0 aliphatic rings. The number of carbonyl (C=O) groups is 1. The van der Waals surface area contributed by atoms with Crippen LogP contribution in [0.3, 0.4) is 0 Å². The molecule has 5 nitrogen and oxygen atoms in total. The van der Waals surface area contributed by atoms with Gasteiger partial charge in [0, 0.05) is 10.7 Å². The van der Waals surface area contributed by atoms with Gasteiger partial charge in [0.25, 0.3) is 10.0 Å². The van der Waals surface area contributed by atoms with Crippen LogP contribution in [0.2, 0.25) is 10.0 Å². The molecule has 0 unspecified atom stereocenters. The van der Waals surface area contributed by atoms with Crippen LogP contribution in [-0.2, 0) is 21.0 Å². The van der Waals surface area contributed by atoms with Gasteiger partial charge in [-0.05, 0) is 54.6 Å². The maximum Gasteiger partial charge on any atom is 0.416 e. The van der Waals surface area contributed by atoms with Crippen molar-refractivity contribution in [3.63, 3.8) is 0 Å². The summed E-state index contributed by atoms with van der Waals surface area (Å²) in [5.41, 5.74) is -0.790. The number of nitrogens with zero attached hydrogens (tertiary/aromatic N) is 1. The average molecular weight is 503 g/mol. The lowest BCUT2D eigenvalue weighted by atomic mass is 10.2. The Bertz CT molecular complexity index is 1220. The summed E-state index contributed by atoms with van der Waals surface area (Å²) in [5, 5.41) is 2.66. The van der Waals surface area contributed by atoms with Crippen molar-refractivity contribution in [1.82, 2.24) is 0 Å². The van der Waals surface area contributed by atoms with E-state index in [0.29, 0.717) is 0 Å². The smallest absolute Gasteiger partial charge is 0.325 e. The first-order valence-electron chi connectivity index (χ1n) is 8.98. The van der Waals surface area contributed by atoms with Crippen LogP contribution in [0.4, 0.5) is 24.5 Å². The third-order valence-corrected chi connectivity index (χ3v) is 6.60. The van der Waals surface area contributed by atoms with Crippen molar-refractivity contribution < 1.29 is 26.4 Å². The fourth-order valence-corrected chi connectivity index (χ4v) is 4.80. The van der Waals surface area contributed by atoms with E-state index in [0.717, 1.165) is 28.6 Å². The molecule has 1 N–H and O–H groups in total. The predicted octanol–water partition coefficient (Wildman–Crippen LogP) is 5.85. The lowest BCUT2D eigenvalue weighted by Gasteiger charge is -2.25. The van der Waals surface area contributed by atoms with E-state index in [9.17, 15) is 26.4 Å². The summed E-state index contributed by atoms with van der Waals surface area (Å²) in [7, 11) is -4.21. The van der Waals surface area contributed by atoms with Crippen molar-refractivity contribution in [2.75, 3.05) is 16.2 Å². The van der Waals surface area contributed by atoms with Gasteiger partial charge in [-0.2, -0.15) is 13.2 Å². The lowest BCUT2D eigenvalue weighted by molar-refractivity contribution is -0.137. The lowest BCUT2D eigenvalue weighted by Crippen LogP contribution is -2.38. The van der Waals surface area contributed by atoms with Crippen molar-refractivity contribution >= 4 is 50.5 Å². The Morgan fingerprint density at radius 3 is 2.12 bits per heavy atom. The molecule has 0 aliphatic carbocycles. The van der Waals surface area contributed by atoms with E-state index in [1.54, 1.807) is 6.07 Å². The summed E-state index contributed by atoms with van der Waals surface area (Å²) in [6.45, 7) is -0.681. The van der Waals surface area contributed by atoms with E-state index in [1.165, 1.54) is 42.5 Å². The maximum absolute atomic E-state index is 13.2. The molecule has 0 saturated carbocycles. The number of amides is 1. The number of carbonyl (C=O) groups excluding carboxylic acids is 1. The fraction of sp³-hybridized carbons (Fsp3) is 0.0952. The number of alkyl halides is 3. The Morgan fingerprint density at radius 2 is 1.56 bits per heavy atom. The summed E-state index contributed by atoms with van der Waals surface area (Å²) in [6.07, 6.45) is -4.52. The quantitative estimate of drug-likeness (QED) is 0.459. The van der Waals surface area contributed by atoms with Crippen LogP contribution in [-0.4, -0.2) is 20.9 Å². The first-order valence-corrected chi connectivity index (χ1v) is 11.2. The standard InChI is InChI=1S/C21H15Cl2F3N2O3S/c22-15-8-11-19(18(23)12-15)28(32(30,31)17-4-2-1-3-5-17)13-20(29)27-16-9-6-14(7-10-16)21(24,25)26/h1-12H,13H2,(H,27,29). The maximum atomic E-state index is 13.2. The van der Waals surface area contributed by atoms with E-state index < -0.39 is 34.2 Å². The SMILES string of the molecule is O=C(CN(c1ccc(Cl)cc1Cl)S(=O)(=O)c1ccccc1)Nc1ccc(C(F)(F)F)cc1. The van der Waals surface area contributed by atoms with Gasteiger partial charge in [0.05, 0.1) is 21.2 Å². The van der Waals surface area contributed by atoms with Crippen LogP contribution in [0.25, 0.3) is 0 Å². The average Bonchev–Trinajstić information content (AvgIpc) is 2.73. The van der Waals surface area contributed by atoms with E-state index in [4.69, 9.17) is 23.2 Å². The molecule has 0 bridgehead atoms. The van der Waals surface area contributed by atoms with Gasteiger partial charge in [0.15, 0.2) is 0 Å². The number of benzene rings is 3. The largest absolute Gasteiger partial charge is 0.416 e. The van der Waals surface area contributed by atoms with E-state index in [1.807, 2.05) is 0 Å². The van der Waals surface area contributed by atoms with E-state index >= 15 is 0 Å². The van der Waals surface area contributed by atoms with Crippen LogP contribution in [0.5, 0.6) is 0 Å². The fourth-order valence-electron chi connectivity index (χ4n) is 2.78. The molecule has 0 heterocycles. The van der Waals surface area contributed by atoms with Crippen molar-refractivity contribution in [3.05, 3.63) is 88.4 Å². The summed E-state index contributed by atoms with van der Waals surface area (Å²) in [4.78, 5) is 12.6. The highest BCUT2D eigenvalue weighted by Crippen LogP contribution is 2.33. The third-order valence-electron chi connectivity index (χ3n) is 4.29. The predicted molar refractivity (Wildman–Crippen MR) is 118 cm³/mol. The number of hydrogen-bond donors (Lipinski definition) is 1. The van der Waals surface area contributed by atoms with Crippen molar-refractivity contribution in [2.24, 2.45) is 0 Å². The summed E-state index contributed by atoms with van der Waals surface area (Å²) in [5.74, 6) is -0.782. The molecule has 0 aliphatic heterocycles. The van der Waals surface area contributed by atoms with Gasteiger partial charge in [-0.3, -0.25) is 9.10 Å². The highest BCUT2D eigenvalue weighted by Gasteiger charge is 2.31. The molecule has 0 atom stereocenters. The highest BCUT2D eigenvalue weighted by atomic mass is 35.5. The topological polar surface area (TPSA) is 66.5 Å². The zero-order valence-electron chi connectivity index (χ0n) is 16.1. The second kappa shape index (κ2) is 9.40. The molecule has 3 rings (SSSR count). The van der Waals surface area contributed by atoms with E-state index in [2.05, 4.69) is 5.32 Å². The van der Waals surface area contributed by atoms with Crippen LogP contribution in [0.1, 0.15) is 5.56 Å². The molecule has 3 aromatic rings. The highest BCUT2D eigenvalue weighted by molar-refractivity contribution is 7.92. The van der Waals surface area contributed by atoms with Crippen molar-refractivity contribution in [3.8, 4) is 0 Å². The minimum Gasteiger partial charge on any atom is -0.325 e. The summed E-state index contributed by atoms with van der Waals surface area (Å²) < 4.78 is 65.4. The zero-order valence-corrected chi connectivity index (χ0v) is 18.4. The van der Waals surface area contributed by atoms with Crippen LogP contribution in [0.15, 0.2) is 77.7 Å². The second-order valence-electron chi connectivity index (χ2n) is 6.54. The monoisotopic (exact) mass is 502 g/mol. The Labute approximate surface area is 192 Å². The van der Waals surface area contributed by atoms with Gasteiger partial charge >= 0.3 is 6.18 Å². The number of rotatable bonds is 6. The molecule has 32 heavy (non-hydrogen) atoms. The molecule has 0 saturated heterocycles. The Hall–Kier alpha value is -2.75. The molecule has 1 amide bonds. The van der Waals surface area contributed by atoms with Crippen LogP contribution in [0, 0.1) is 0 Å². The van der Waals surface area contributed by atoms with Gasteiger partial charge in [0.1, 0.15) is 6.54 Å². The molecule has 0 spiro atoms. The van der Waals surface area contributed by atoms with Crippen LogP contribution >= 0.6 is 23.2 Å². The Morgan fingerprint density at radius 1 is 0.938 bits per heavy atom. The summed E-state index contributed by atoms with van der Waals surface area (Å²) in [6, 6.07) is 15.3. The first-order chi connectivity index (χ1) is 15.0. The Kier molecular flexibility index (Phi) is 7.02. The van der Waals surface area contributed by atoms with Crippen LogP contribution < -0.4 is 9.62 Å². The Balaban J connectivity index is 1.91. The molecule has 0 aromatic heterocycles. The molecule has 168 valence electrons. The molecular formula is C21H15Cl2F3N2O3S.